The van der Waals surface area contributed by atoms with Crippen LogP contribution in [-0.2, 0) is 16.1 Å². The highest BCUT2D eigenvalue weighted by Gasteiger charge is 2.66. The number of carbonyl (C=O) groups excluding carboxylic acids is 2. The molecule has 1 aliphatic heterocycles. The summed E-state index contributed by atoms with van der Waals surface area (Å²) in [6.07, 6.45) is 15.1. The van der Waals surface area contributed by atoms with Crippen molar-refractivity contribution in [2.45, 2.75) is 82.8 Å². The van der Waals surface area contributed by atoms with Crippen LogP contribution in [0.3, 0.4) is 0 Å². The zero-order valence-electron chi connectivity index (χ0n) is 19.7. The lowest BCUT2D eigenvalue weighted by Gasteiger charge is -2.38. The Morgan fingerprint density at radius 1 is 1.27 bits per heavy atom. The van der Waals surface area contributed by atoms with E-state index in [4.69, 9.17) is 12.2 Å². The lowest BCUT2D eigenvalue weighted by molar-refractivity contribution is -0.146. The van der Waals surface area contributed by atoms with Gasteiger partial charge in [-0.1, -0.05) is 44.1 Å². The Labute approximate surface area is 197 Å². The van der Waals surface area contributed by atoms with Gasteiger partial charge in [0.25, 0.3) is 0 Å². The molecule has 3 atom stereocenters. The van der Waals surface area contributed by atoms with Crippen molar-refractivity contribution in [3.63, 3.8) is 0 Å². The molecule has 1 saturated heterocycles. The minimum atomic E-state index is -0.715. The predicted octanol–water partition coefficient (Wildman–Crippen LogP) is 2.53. The fraction of sp³-hybridized carbons (Fsp3) is 0.654. The topological polar surface area (TPSA) is 100 Å². The molecule has 1 aromatic heterocycles. The van der Waals surface area contributed by atoms with Gasteiger partial charge in [0.05, 0.1) is 12.6 Å². The highest BCUT2D eigenvalue weighted by Crippen LogP contribution is 2.54. The van der Waals surface area contributed by atoms with Crippen molar-refractivity contribution >= 4 is 17.6 Å². The normalized spacial score (nSPS) is 25.6. The molecule has 7 heteroatoms. The van der Waals surface area contributed by atoms with E-state index >= 15 is 0 Å². The van der Waals surface area contributed by atoms with Crippen molar-refractivity contribution in [1.29, 1.82) is 0 Å². The van der Waals surface area contributed by atoms with Gasteiger partial charge >= 0.3 is 0 Å². The van der Waals surface area contributed by atoms with E-state index in [9.17, 15) is 9.59 Å². The number of nitrogens with zero attached hydrogens (tertiary/aromatic N) is 2. The van der Waals surface area contributed by atoms with E-state index in [2.05, 4.69) is 21.5 Å². The molecule has 1 aromatic rings. The molecule has 4 rings (SSSR count). The van der Waals surface area contributed by atoms with Crippen molar-refractivity contribution in [1.82, 2.24) is 20.5 Å². The monoisotopic (exact) mass is 451 g/mol. The largest absolute Gasteiger partial charge is 0.384 e. The number of anilines is 1. The zero-order chi connectivity index (χ0) is 23.4. The zero-order valence-corrected chi connectivity index (χ0v) is 19.7. The lowest BCUT2D eigenvalue weighted by atomic mass is 9.84. The van der Waals surface area contributed by atoms with Gasteiger partial charge in [0.15, 0.2) is 0 Å². The number of hydrogen-bond donors (Lipinski definition) is 3. The summed E-state index contributed by atoms with van der Waals surface area (Å²) in [6, 6.07) is 3.32. The molecule has 2 amide bonds. The van der Waals surface area contributed by atoms with Crippen LogP contribution in [0.4, 0.5) is 5.82 Å². The van der Waals surface area contributed by atoms with Gasteiger partial charge < -0.3 is 16.0 Å². The van der Waals surface area contributed by atoms with Crippen LogP contribution in [0.1, 0.15) is 69.0 Å². The van der Waals surface area contributed by atoms with Crippen LogP contribution in [0.5, 0.6) is 0 Å². The SMILES string of the molecule is C#CCN[C@H](CC1CCCCC1)C(=O)N1CCC[C@@H]2C[C@@]21C(=O)NCc1ccc(N)nc1C. The summed E-state index contributed by atoms with van der Waals surface area (Å²) in [5.41, 5.74) is 6.78. The maximum Gasteiger partial charge on any atom is 0.246 e. The number of rotatable bonds is 8. The number of likely N-dealkylation sites (tertiary alicyclic amines) is 1. The molecule has 0 radical (unpaired) electrons. The number of fused-ring (bicyclic) bond motifs is 1. The molecule has 0 aromatic carbocycles. The van der Waals surface area contributed by atoms with Gasteiger partial charge in [0, 0.05) is 18.8 Å². The van der Waals surface area contributed by atoms with Crippen LogP contribution >= 0.6 is 0 Å². The fourth-order valence-electron chi connectivity index (χ4n) is 5.91. The number of amides is 2. The molecule has 3 aliphatic rings. The van der Waals surface area contributed by atoms with Gasteiger partial charge in [-0.25, -0.2) is 4.98 Å². The standard InChI is InChI=1S/C26H37N5O2/c1-3-13-28-22(15-19-8-5-4-6-9-19)24(32)31-14-7-10-21-16-26(21,31)25(33)29-17-20-11-12-23(27)30-18(20)2/h1,11-12,19,21-22,28H,4-10,13-17H2,2H3,(H2,27,30)(H,29,33)/t21-,22-,26+/m1/s1. The van der Waals surface area contributed by atoms with Crippen LogP contribution in [0.15, 0.2) is 12.1 Å². The van der Waals surface area contributed by atoms with E-state index in [1.54, 1.807) is 6.07 Å². The minimum absolute atomic E-state index is 0.0403. The van der Waals surface area contributed by atoms with E-state index in [0.717, 1.165) is 36.9 Å². The Morgan fingerprint density at radius 3 is 2.79 bits per heavy atom. The molecular formula is C26H37N5O2. The number of nitrogen functional groups attached to an aromatic ring is 1. The van der Waals surface area contributed by atoms with Crippen LogP contribution in [-0.4, -0.2) is 46.4 Å². The molecule has 7 nitrogen and oxygen atoms in total. The average Bonchev–Trinajstić information content (AvgIpc) is 3.57. The summed E-state index contributed by atoms with van der Waals surface area (Å²) in [4.78, 5) is 33.4. The molecule has 4 N–H and O–H groups in total. The molecule has 2 heterocycles. The maximum absolute atomic E-state index is 13.8. The van der Waals surface area contributed by atoms with E-state index in [1.807, 2.05) is 17.9 Å². The lowest BCUT2D eigenvalue weighted by Crippen LogP contribution is -2.59. The number of carbonyl (C=O) groups is 2. The third kappa shape index (κ3) is 5.01. The van der Waals surface area contributed by atoms with E-state index < -0.39 is 5.54 Å². The number of nitrogens with two attached hydrogens (primary N) is 1. The second-order valence-corrected chi connectivity index (χ2v) is 10.00. The molecule has 0 bridgehead atoms. The van der Waals surface area contributed by atoms with Crippen molar-refractivity contribution in [2.75, 3.05) is 18.8 Å². The molecule has 178 valence electrons. The molecule has 2 saturated carbocycles. The molecule has 3 fully saturated rings. The first-order chi connectivity index (χ1) is 16.0. The Hall–Kier alpha value is -2.59. The third-order valence-electron chi connectivity index (χ3n) is 7.85. The predicted molar refractivity (Wildman–Crippen MR) is 129 cm³/mol. The highest BCUT2D eigenvalue weighted by molar-refractivity contribution is 5.96. The van der Waals surface area contributed by atoms with Crippen molar-refractivity contribution in [2.24, 2.45) is 11.8 Å². The Balaban J connectivity index is 1.46. The van der Waals surface area contributed by atoms with Crippen molar-refractivity contribution < 1.29 is 9.59 Å². The second kappa shape index (κ2) is 10.1. The van der Waals surface area contributed by atoms with Crippen LogP contribution < -0.4 is 16.4 Å². The Kier molecular flexibility index (Phi) is 7.23. The van der Waals surface area contributed by atoms with Gasteiger partial charge in [-0.05, 0) is 56.1 Å². The molecule has 0 spiro atoms. The van der Waals surface area contributed by atoms with Gasteiger partial charge in [0.2, 0.25) is 11.8 Å². The number of piperidine rings is 1. The average molecular weight is 452 g/mol. The van der Waals surface area contributed by atoms with Crippen molar-refractivity contribution in [3.05, 3.63) is 23.4 Å². The van der Waals surface area contributed by atoms with Gasteiger partial charge in [-0.2, -0.15) is 0 Å². The smallest absolute Gasteiger partial charge is 0.246 e. The van der Waals surface area contributed by atoms with E-state index in [1.165, 1.54) is 32.1 Å². The summed E-state index contributed by atoms with van der Waals surface area (Å²) in [5, 5.41) is 6.39. The number of terminal acetylenes is 1. The van der Waals surface area contributed by atoms with Gasteiger partial charge in [-0.3, -0.25) is 14.9 Å². The number of aromatic nitrogens is 1. The van der Waals surface area contributed by atoms with Gasteiger partial charge in [-0.15, -0.1) is 6.42 Å². The minimum Gasteiger partial charge on any atom is -0.384 e. The number of nitrogens with one attached hydrogen (secondary N) is 2. The third-order valence-corrected chi connectivity index (χ3v) is 7.85. The molecule has 0 unspecified atom stereocenters. The van der Waals surface area contributed by atoms with E-state index in [-0.39, 0.29) is 23.8 Å². The summed E-state index contributed by atoms with van der Waals surface area (Å²) >= 11 is 0. The summed E-state index contributed by atoms with van der Waals surface area (Å²) in [6.45, 7) is 3.27. The van der Waals surface area contributed by atoms with Crippen LogP contribution in [0.2, 0.25) is 0 Å². The number of aryl methyl sites for hydroxylation is 1. The number of hydrogen-bond acceptors (Lipinski definition) is 5. The second-order valence-electron chi connectivity index (χ2n) is 10.00. The van der Waals surface area contributed by atoms with Gasteiger partial charge in [0.1, 0.15) is 11.4 Å². The summed E-state index contributed by atoms with van der Waals surface area (Å²) in [5.74, 6) is 3.86. The first kappa shape index (κ1) is 23.6. The Bertz CT molecular complexity index is 920. The number of pyridine rings is 1. The quantitative estimate of drug-likeness (QED) is 0.528. The first-order valence-corrected chi connectivity index (χ1v) is 12.4. The van der Waals surface area contributed by atoms with Crippen LogP contribution in [0.25, 0.3) is 0 Å². The summed E-state index contributed by atoms with van der Waals surface area (Å²) in [7, 11) is 0. The maximum atomic E-state index is 13.8. The molecular weight excluding hydrogens is 414 g/mol. The Morgan fingerprint density at radius 2 is 2.06 bits per heavy atom. The fourth-order valence-corrected chi connectivity index (χ4v) is 5.91. The van der Waals surface area contributed by atoms with Crippen LogP contribution in [0, 0.1) is 31.1 Å². The van der Waals surface area contributed by atoms with Crippen molar-refractivity contribution in [3.8, 4) is 12.3 Å². The molecule has 33 heavy (non-hydrogen) atoms. The summed E-state index contributed by atoms with van der Waals surface area (Å²) < 4.78 is 0. The molecule has 2 aliphatic carbocycles. The first-order valence-electron chi connectivity index (χ1n) is 12.4. The highest BCUT2D eigenvalue weighted by atomic mass is 16.2. The van der Waals surface area contributed by atoms with E-state index in [0.29, 0.717) is 31.4 Å².